The van der Waals surface area contributed by atoms with Gasteiger partial charge in [-0.25, -0.2) is 17.9 Å². The molecule has 0 aromatic carbocycles. The van der Waals surface area contributed by atoms with E-state index in [-0.39, 0.29) is 29.6 Å². The van der Waals surface area contributed by atoms with Crippen LogP contribution in [-0.2, 0) is 14.6 Å². The van der Waals surface area contributed by atoms with Crippen molar-refractivity contribution in [3.05, 3.63) is 0 Å². The van der Waals surface area contributed by atoms with Crippen LogP contribution in [0.25, 0.3) is 0 Å². The van der Waals surface area contributed by atoms with Gasteiger partial charge in [-0.1, -0.05) is 24.4 Å². The SMILES string of the molecule is CC(C)NC(=O)OCCS(=O)(=O)c1nnnn1C1CCCCC1. The Balaban J connectivity index is 1.97. The maximum absolute atomic E-state index is 12.4. The first kappa shape index (κ1) is 17.6. The van der Waals surface area contributed by atoms with Crippen LogP contribution in [0.15, 0.2) is 5.16 Å². The number of carbonyl (C=O) groups is 1. The molecule has 1 N–H and O–H groups in total. The molecule has 1 heterocycles. The molecule has 23 heavy (non-hydrogen) atoms. The Labute approximate surface area is 135 Å². The molecule has 0 bridgehead atoms. The van der Waals surface area contributed by atoms with Gasteiger partial charge in [-0.2, -0.15) is 0 Å². The molecule has 2 rings (SSSR count). The second-order valence-electron chi connectivity index (χ2n) is 5.95. The summed E-state index contributed by atoms with van der Waals surface area (Å²) in [5.41, 5.74) is 0. The predicted octanol–water partition coefficient (Wildman–Crippen LogP) is 1.09. The summed E-state index contributed by atoms with van der Waals surface area (Å²) >= 11 is 0. The summed E-state index contributed by atoms with van der Waals surface area (Å²) in [4.78, 5) is 11.4. The van der Waals surface area contributed by atoms with Crippen molar-refractivity contribution in [1.82, 2.24) is 25.5 Å². The quantitative estimate of drug-likeness (QED) is 0.820. The molecule has 1 amide bonds. The Kier molecular flexibility index (Phi) is 5.91. The van der Waals surface area contributed by atoms with Gasteiger partial charge in [-0.15, -0.1) is 0 Å². The van der Waals surface area contributed by atoms with Crippen molar-refractivity contribution in [3.8, 4) is 0 Å². The Morgan fingerprint density at radius 3 is 2.70 bits per heavy atom. The molecule has 0 spiro atoms. The van der Waals surface area contributed by atoms with Crippen molar-refractivity contribution in [2.75, 3.05) is 12.4 Å². The summed E-state index contributed by atoms with van der Waals surface area (Å²) in [5, 5.41) is 13.4. The van der Waals surface area contributed by atoms with E-state index in [0.29, 0.717) is 0 Å². The van der Waals surface area contributed by atoms with Crippen LogP contribution in [0.2, 0.25) is 0 Å². The highest BCUT2D eigenvalue weighted by Crippen LogP contribution is 2.28. The molecule has 10 heteroatoms. The van der Waals surface area contributed by atoms with Gasteiger partial charge in [-0.05, 0) is 37.1 Å². The summed E-state index contributed by atoms with van der Waals surface area (Å²) in [6.45, 7) is 3.34. The fourth-order valence-electron chi connectivity index (χ4n) is 2.56. The molecule has 1 aliphatic rings. The lowest BCUT2D eigenvalue weighted by molar-refractivity contribution is 0.150. The zero-order valence-electron chi connectivity index (χ0n) is 13.4. The van der Waals surface area contributed by atoms with Crippen LogP contribution >= 0.6 is 0 Å². The Morgan fingerprint density at radius 1 is 1.35 bits per heavy atom. The summed E-state index contributed by atoms with van der Waals surface area (Å²) < 4.78 is 31.0. The smallest absolute Gasteiger partial charge is 0.407 e. The van der Waals surface area contributed by atoms with Gasteiger partial charge in [0.1, 0.15) is 6.61 Å². The lowest BCUT2D eigenvalue weighted by Crippen LogP contribution is -2.32. The number of alkyl carbamates (subject to hydrolysis) is 1. The van der Waals surface area contributed by atoms with E-state index in [9.17, 15) is 13.2 Å². The lowest BCUT2D eigenvalue weighted by Gasteiger charge is -2.22. The molecule has 130 valence electrons. The van der Waals surface area contributed by atoms with Gasteiger partial charge in [0.15, 0.2) is 0 Å². The van der Waals surface area contributed by atoms with Crippen LogP contribution < -0.4 is 5.32 Å². The van der Waals surface area contributed by atoms with E-state index in [1.165, 1.54) is 4.68 Å². The van der Waals surface area contributed by atoms with Crippen molar-refractivity contribution >= 4 is 15.9 Å². The molecule has 0 radical (unpaired) electrons. The first-order valence-corrected chi connectivity index (χ1v) is 9.49. The zero-order chi connectivity index (χ0) is 16.9. The fraction of sp³-hybridized carbons (Fsp3) is 0.846. The van der Waals surface area contributed by atoms with Gasteiger partial charge in [0.05, 0.1) is 11.8 Å². The van der Waals surface area contributed by atoms with E-state index >= 15 is 0 Å². The highest BCUT2D eigenvalue weighted by atomic mass is 32.2. The second kappa shape index (κ2) is 7.71. The van der Waals surface area contributed by atoms with E-state index in [1.54, 1.807) is 13.8 Å². The van der Waals surface area contributed by atoms with Gasteiger partial charge >= 0.3 is 6.09 Å². The summed E-state index contributed by atoms with van der Waals surface area (Å²) in [7, 11) is -3.70. The van der Waals surface area contributed by atoms with E-state index in [1.807, 2.05) is 0 Å². The van der Waals surface area contributed by atoms with Crippen molar-refractivity contribution in [2.45, 2.75) is 63.2 Å². The number of ether oxygens (including phenoxy) is 1. The average molecular weight is 345 g/mol. The first-order chi connectivity index (χ1) is 10.9. The van der Waals surface area contributed by atoms with Crippen molar-refractivity contribution in [2.24, 2.45) is 0 Å². The number of hydrogen-bond acceptors (Lipinski definition) is 7. The number of aromatic nitrogens is 4. The van der Waals surface area contributed by atoms with Gasteiger partial charge in [-0.3, -0.25) is 0 Å². The van der Waals surface area contributed by atoms with Crippen molar-refractivity contribution in [3.63, 3.8) is 0 Å². The normalized spacial score (nSPS) is 16.5. The third kappa shape index (κ3) is 4.88. The van der Waals surface area contributed by atoms with E-state index < -0.39 is 15.9 Å². The molecule has 1 aromatic heterocycles. The Hall–Kier alpha value is -1.71. The molecule has 0 unspecified atom stereocenters. The van der Waals surface area contributed by atoms with Crippen molar-refractivity contribution in [1.29, 1.82) is 0 Å². The van der Waals surface area contributed by atoms with E-state index in [0.717, 1.165) is 32.1 Å². The fourth-order valence-corrected chi connectivity index (χ4v) is 3.67. The number of amides is 1. The number of hydrogen-bond donors (Lipinski definition) is 1. The maximum Gasteiger partial charge on any atom is 0.407 e. The summed E-state index contributed by atoms with van der Waals surface area (Å²) in [5.74, 6) is -0.342. The molecule has 0 saturated heterocycles. The highest BCUT2D eigenvalue weighted by molar-refractivity contribution is 7.91. The topological polar surface area (TPSA) is 116 Å². The molecule has 1 aromatic rings. The number of tetrazole rings is 1. The van der Waals surface area contributed by atoms with Gasteiger partial charge in [0.2, 0.25) is 9.84 Å². The molecule has 0 aliphatic heterocycles. The first-order valence-electron chi connectivity index (χ1n) is 7.84. The lowest BCUT2D eigenvalue weighted by atomic mass is 9.96. The van der Waals surface area contributed by atoms with Crippen LogP contribution in [0.4, 0.5) is 4.79 Å². The van der Waals surface area contributed by atoms with E-state index in [2.05, 4.69) is 20.8 Å². The largest absolute Gasteiger partial charge is 0.448 e. The molecular weight excluding hydrogens is 322 g/mol. The zero-order valence-corrected chi connectivity index (χ0v) is 14.3. The monoisotopic (exact) mass is 345 g/mol. The second-order valence-corrected chi connectivity index (χ2v) is 7.95. The molecule has 1 saturated carbocycles. The standard InChI is InChI=1S/C13H23N5O4S/c1-10(2)14-13(19)22-8-9-23(20,21)12-15-16-17-18(12)11-6-4-3-5-7-11/h10-11H,3-9H2,1-2H3,(H,14,19). The predicted molar refractivity (Wildman–Crippen MR) is 81.6 cm³/mol. The molecular formula is C13H23N5O4S. The molecule has 9 nitrogen and oxygen atoms in total. The van der Waals surface area contributed by atoms with E-state index in [4.69, 9.17) is 4.74 Å². The minimum absolute atomic E-state index is 0.0219. The molecule has 1 aliphatic carbocycles. The molecule has 1 fully saturated rings. The highest BCUT2D eigenvalue weighted by Gasteiger charge is 2.28. The summed E-state index contributed by atoms with van der Waals surface area (Å²) in [6, 6.07) is -0.0496. The third-order valence-electron chi connectivity index (χ3n) is 3.65. The number of nitrogens with zero attached hydrogens (tertiary/aromatic N) is 4. The van der Waals surface area contributed by atoms with Gasteiger partial charge < -0.3 is 10.1 Å². The van der Waals surface area contributed by atoms with Crippen molar-refractivity contribution < 1.29 is 17.9 Å². The number of carbonyl (C=O) groups excluding carboxylic acids is 1. The number of nitrogens with one attached hydrogen (secondary N) is 1. The summed E-state index contributed by atoms with van der Waals surface area (Å²) in [6.07, 6.45) is 4.36. The maximum atomic E-state index is 12.4. The minimum Gasteiger partial charge on any atom is -0.448 e. The Morgan fingerprint density at radius 2 is 2.04 bits per heavy atom. The average Bonchev–Trinajstić information content (AvgIpc) is 2.97. The number of rotatable bonds is 6. The molecule has 0 atom stereocenters. The van der Waals surface area contributed by atoms with Crippen LogP contribution in [0.1, 0.15) is 52.0 Å². The van der Waals surface area contributed by atoms with Crippen LogP contribution in [0.3, 0.4) is 0 Å². The third-order valence-corrected chi connectivity index (χ3v) is 5.18. The van der Waals surface area contributed by atoms with Gasteiger partial charge in [0, 0.05) is 6.04 Å². The number of sulfone groups is 1. The minimum atomic E-state index is -3.70. The van der Waals surface area contributed by atoms with Crippen LogP contribution in [0, 0.1) is 0 Å². The van der Waals surface area contributed by atoms with Crippen LogP contribution in [-0.4, -0.2) is 53.1 Å². The Bertz CT molecular complexity index is 622. The van der Waals surface area contributed by atoms with Crippen LogP contribution in [0.5, 0.6) is 0 Å². The van der Waals surface area contributed by atoms with Gasteiger partial charge in [0.25, 0.3) is 5.16 Å².